The van der Waals surface area contributed by atoms with Crippen LogP contribution in [0.5, 0.6) is 0 Å². The number of halogens is 9. The molecule has 4 heterocycles. The van der Waals surface area contributed by atoms with Gasteiger partial charge in [0.25, 0.3) is 0 Å². The van der Waals surface area contributed by atoms with E-state index in [2.05, 4.69) is 25.3 Å². The molecule has 12 N–H and O–H groups in total. The molecule has 4 aromatic heterocycles. The van der Waals surface area contributed by atoms with Crippen molar-refractivity contribution in [3.05, 3.63) is 340 Å². The Morgan fingerprint density at radius 1 is 0.479 bits per heavy atom. The van der Waals surface area contributed by atoms with E-state index >= 15 is 17.6 Å². The van der Waals surface area contributed by atoms with Crippen LogP contribution in [0, 0.1) is 46.3 Å². The van der Waals surface area contributed by atoms with Crippen molar-refractivity contribution in [2.45, 2.75) is 52.1 Å². The minimum absolute atomic E-state index is 0. The molecule has 0 radical (unpaired) electrons. The van der Waals surface area contributed by atoms with Gasteiger partial charge in [0, 0.05) is 94.1 Å². The van der Waals surface area contributed by atoms with E-state index in [0.29, 0.717) is 133 Å². The molecule has 121 heavy (non-hydrogen) atoms. The molecule has 0 saturated heterocycles. The van der Waals surface area contributed by atoms with Crippen molar-refractivity contribution in [3.63, 3.8) is 0 Å². The van der Waals surface area contributed by atoms with E-state index in [1.54, 1.807) is 171 Å². The van der Waals surface area contributed by atoms with Gasteiger partial charge in [-0.3, -0.25) is 5.32 Å². The largest absolute Gasteiger partial charge is 0.694 e. The van der Waals surface area contributed by atoms with Gasteiger partial charge in [-0.05, 0) is 209 Å². The van der Waals surface area contributed by atoms with E-state index in [0.717, 1.165) is 41.9 Å². The number of carbonyl (C=O) groups is 1. The van der Waals surface area contributed by atoms with Crippen LogP contribution in [-0.2, 0) is 55.4 Å². The smallest absolute Gasteiger partial charge is 0.413 e. The van der Waals surface area contributed by atoms with Gasteiger partial charge >= 0.3 is 14.8 Å². The third-order valence-electron chi connectivity index (χ3n) is 17.8. The summed E-state index contributed by atoms with van der Waals surface area (Å²) in [5.74, 6) is -1.41. The number of ether oxygens (including phenoxy) is 1. The number of anilines is 6. The number of nitrogens with zero attached hydrogens (tertiary/aromatic N) is 7. The van der Waals surface area contributed by atoms with Gasteiger partial charge in [-0.1, -0.05) is 166 Å². The number of fused-ring (bicyclic) bond motifs is 4. The van der Waals surface area contributed by atoms with Crippen LogP contribution >= 0.6 is 113 Å². The van der Waals surface area contributed by atoms with Gasteiger partial charge in [0.05, 0.1) is 68.9 Å². The van der Waals surface area contributed by atoms with E-state index in [4.69, 9.17) is 87.7 Å². The van der Waals surface area contributed by atoms with Gasteiger partial charge in [0.15, 0.2) is 10.3 Å². The molecule has 628 valence electrons. The van der Waals surface area contributed by atoms with Crippen molar-refractivity contribution in [1.82, 2.24) is 19.9 Å². The first-order chi connectivity index (χ1) is 56.5. The summed E-state index contributed by atoms with van der Waals surface area (Å²) >= 11 is 30.0. The van der Waals surface area contributed by atoms with Crippen molar-refractivity contribution < 1.29 is 72.6 Å². The van der Waals surface area contributed by atoms with Crippen molar-refractivity contribution >= 4 is 193 Å². The summed E-state index contributed by atoms with van der Waals surface area (Å²) in [4.78, 5) is 36.7. The van der Waals surface area contributed by atoms with Gasteiger partial charge in [-0.25, -0.2) is 46.9 Å². The van der Waals surface area contributed by atoms with E-state index < -0.39 is 26.2 Å². The molecule has 0 fully saturated rings. The molecule has 0 atom stereocenters. The number of hydrogen-bond acceptors (Lipinski definition) is 19. The van der Waals surface area contributed by atoms with Gasteiger partial charge in [0.1, 0.15) is 28.9 Å². The van der Waals surface area contributed by atoms with Gasteiger partial charge in [-0.15, -0.1) is 35.1 Å². The molecule has 35 heteroatoms. The molecule has 1 amide bonds. The quantitative estimate of drug-likeness (QED) is 0.0133. The summed E-state index contributed by atoms with van der Waals surface area (Å²) in [5.41, 5.74) is 27.6. The zero-order chi connectivity index (χ0) is 84.2. The fraction of sp³-hybridized carbons (Fsp3) is 0.0930. The van der Waals surface area contributed by atoms with Crippen molar-refractivity contribution in [3.8, 4) is 44.5 Å². The van der Waals surface area contributed by atoms with Crippen LogP contribution in [0.1, 0.15) is 65.3 Å². The maximum absolute atomic E-state index is 15.9. The Labute approximate surface area is 748 Å². The van der Waals surface area contributed by atoms with Crippen LogP contribution in [0.3, 0.4) is 0 Å². The standard InChI is InChI=1S/C25H22ClFN3O4S.C20H14ClFN3O2S.C20H13ClFN2O2S.C20H14ClFN2S.CH3.ClH.HO2P.Pd/c1-25(2,3)34-24(31)29-23-28-22-19(35-23)13-16(11-14-7-9-18(10-8-14)30(32)33)21(27)20(22)15-5-4-6-17(26)12-15;21-14-3-1-2-12(9-14)17-18(22)13(10-16-19(17)24-20(23)28-16)8-11-4-6-15(7-5-11)25(26)27;21-15-3-1-2-13(9-15)18-19(22)14(10-17-20(18)23-11-27-17)8-12-4-6-16(7-5-12)24(25)26;21-15-3-1-2-13(9-15)18-19(22)14(10-17-20(18)24-11-25-17)8-12-4-6-16(23)7-5-12;;;1-3-2;/h4-10,12-13,32H,11H2,1-3H3,(H,28,29,31);1-7,9-10,26H,8H2,(H2,23,24);1-7,9-11,25H,8H2;1-7,9-11H,8,23H2;1H3;1H;(H,1,2);/q3*-1;;-1;;;/p+3. The van der Waals surface area contributed by atoms with Crippen molar-refractivity contribution in [2.24, 2.45) is 0 Å². The molecular weight excluding hydrogens is 1850 g/mol. The second-order valence-corrected chi connectivity index (χ2v) is 32.9. The molecule has 16 aromatic rings. The predicted molar refractivity (Wildman–Crippen MR) is 488 cm³/mol. The average Bonchev–Trinajstić information content (AvgIpc) is 1.72. The van der Waals surface area contributed by atoms with Crippen molar-refractivity contribution in [1.29, 1.82) is 0 Å². The molecule has 16 rings (SSSR count). The number of aromatic nitrogens is 4. The molecular formula is C86H71Cl5F4N10O10PPdS4-. The fourth-order valence-electron chi connectivity index (χ4n) is 12.6. The first-order valence-electron chi connectivity index (χ1n) is 35.2. The molecule has 0 bridgehead atoms. The number of nitrogens with two attached hydrogens (primary N) is 2. The Morgan fingerprint density at radius 3 is 1.07 bits per heavy atom. The number of nitrogens with one attached hydrogen (secondary N) is 1. The van der Waals surface area contributed by atoms with Crippen LogP contribution in [-0.4, -0.2) is 52.1 Å². The predicted octanol–water partition coefficient (Wildman–Crippen LogP) is 23.8. The zero-order valence-corrected chi connectivity index (χ0v) is 73.3. The summed E-state index contributed by atoms with van der Waals surface area (Å²) in [6, 6.07) is 62.2. The second-order valence-electron chi connectivity index (χ2n) is 27.1. The third-order valence-corrected chi connectivity index (χ3v) is 22.1. The number of rotatable bonds is 16. The molecule has 0 saturated carbocycles. The zero-order valence-electron chi connectivity index (χ0n) is 63.8. The van der Waals surface area contributed by atoms with Crippen LogP contribution in [0.25, 0.3) is 85.4 Å². The van der Waals surface area contributed by atoms with Gasteiger partial charge in [-0.2, -0.15) is 15.7 Å². The number of hydrogen-bond donors (Lipinski definition) is 4. The topological polar surface area (TPSA) is 327 Å². The number of thiazole rings is 4. The Bertz CT molecular complexity index is 6300. The monoisotopic (exact) mass is 1920 g/mol. The Kier molecular flexibility index (Phi) is 33.6. The molecule has 0 aliphatic rings. The molecule has 0 aliphatic carbocycles. The second kappa shape index (κ2) is 42.8. The van der Waals surface area contributed by atoms with Crippen LogP contribution in [0.2, 0.25) is 20.1 Å². The van der Waals surface area contributed by atoms with E-state index in [1.807, 2.05) is 54.6 Å². The number of nitrogen functional groups attached to an aromatic ring is 2. The molecule has 12 aromatic carbocycles. The summed E-state index contributed by atoms with van der Waals surface area (Å²) in [7, 11) is -0.833. The summed E-state index contributed by atoms with van der Waals surface area (Å²) in [6.07, 6.45) is 0.782. The maximum atomic E-state index is 15.9. The number of amides is 1. The summed E-state index contributed by atoms with van der Waals surface area (Å²) in [6.45, 7) is 5.28. The third kappa shape index (κ3) is 24.1. The normalized spacial score (nSPS) is 10.9. The van der Waals surface area contributed by atoms with Crippen LogP contribution < -0.4 is 32.5 Å². The first kappa shape index (κ1) is 95.0. The molecule has 20 nitrogen and oxygen atoms in total. The average molecular weight is 1920 g/mol. The Hall–Kier alpha value is -9.88. The molecule has 0 unspecified atom stereocenters. The Balaban J connectivity index is 0.000000181. The van der Waals surface area contributed by atoms with E-state index in [1.165, 1.54) is 69.6 Å². The van der Waals surface area contributed by atoms with Crippen LogP contribution in [0.4, 0.5) is 55.4 Å². The number of carbonyl (C=O) groups excluding carboxylic acids is 1. The molecule has 0 aliphatic heterocycles. The SMILES string of the molecule is CC(C)(C)OC(=O)Nc1nc2c(-c3cccc(Cl)c3)c(F)c(Cc3ccc(N([O-])[OH2+])cc3)cc2s1.Cl.Nc1ccc(Cc2cc3scnc3c(-c3cccc(Cl)c3)c2F)cc1.Nc1nc2c(-c3cccc(Cl)c3)c(F)c(Cc3ccc(N([O-])[OH2+])cc3)cc2s1.O=PO.[CH3-].[O-]N([OH2+])c1ccc(Cc2cc3scnc3c(-c3cccc(Cl)c3)c2F)cc1.[Pd]. The van der Waals surface area contributed by atoms with Crippen LogP contribution in [0.15, 0.2) is 229 Å². The van der Waals surface area contributed by atoms with Gasteiger partial charge < -0.3 is 59.8 Å². The number of benzene rings is 12. The van der Waals surface area contributed by atoms with E-state index in [-0.39, 0.29) is 108 Å². The summed E-state index contributed by atoms with van der Waals surface area (Å²) < 4.78 is 79.3. The van der Waals surface area contributed by atoms with Crippen molar-refractivity contribution in [2.75, 3.05) is 32.5 Å². The summed E-state index contributed by atoms with van der Waals surface area (Å²) in [5, 5.41) is 59.9. The maximum Gasteiger partial charge on any atom is 0.413 e. The van der Waals surface area contributed by atoms with Gasteiger partial charge in [0.2, 0.25) is 0 Å². The molecule has 0 spiro atoms. The minimum atomic E-state index is -0.833. The fourth-order valence-corrected chi connectivity index (χ4v) is 16.6. The minimum Gasteiger partial charge on any atom is -0.694 e. The first-order valence-corrected chi connectivity index (χ1v) is 40.9. The Morgan fingerprint density at radius 2 is 0.769 bits per heavy atom. The van der Waals surface area contributed by atoms with E-state index in [9.17, 15) is 20.4 Å².